The quantitative estimate of drug-likeness (QED) is 0.833. The number of ether oxygens (including phenoxy) is 2. The average Bonchev–Trinajstić information content (AvgIpc) is 2.42. The van der Waals surface area contributed by atoms with Crippen LogP contribution in [0, 0.1) is 0 Å². The first-order chi connectivity index (χ1) is 10.3. The van der Waals surface area contributed by atoms with E-state index in [-0.39, 0.29) is 17.2 Å². The van der Waals surface area contributed by atoms with Crippen LogP contribution in [0.5, 0.6) is 11.5 Å². The number of urea groups is 1. The maximum Gasteiger partial charge on any atom is 0.321 e. The molecule has 1 aliphatic rings. The van der Waals surface area contributed by atoms with Crippen LogP contribution in [0.25, 0.3) is 0 Å². The summed E-state index contributed by atoms with van der Waals surface area (Å²) in [6.07, 6.45) is 0. The smallest absolute Gasteiger partial charge is 0.321 e. The van der Waals surface area contributed by atoms with Crippen LogP contribution in [0.3, 0.4) is 0 Å². The van der Waals surface area contributed by atoms with Gasteiger partial charge in [0.2, 0.25) is 5.91 Å². The number of rotatable bonds is 3. The minimum Gasteiger partial charge on any atom is -0.486 e. The Hall–Kier alpha value is -1.89. The Labute approximate surface area is 133 Å². The van der Waals surface area contributed by atoms with Gasteiger partial charge in [0, 0.05) is 10.4 Å². The summed E-state index contributed by atoms with van der Waals surface area (Å²) in [5.41, 5.74) is -0.382. The molecule has 1 aliphatic heterocycles. The zero-order chi connectivity index (χ0) is 16.2. The van der Waals surface area contributed by atoms with E-state index in [9.17, 15) is 9.59 Å². The van der Waals surface area contributed by atoms with Crippen molar-refractivity contribution >= 4 is 23.7 Å². The number of amides is 3. The number of imide groups is 1. The molecule has 0 aromatic heterocycles. The lowest BCUT2D eigenvalue weighted by Crippen LogP contribution is -2.48. The molecule has 6 nitrogen and oxygen atoms in total. The van der Waals surface area contributed by atoms with Crippen LogP contribution in [0.4, 0.5) is 4.79 Å². The molecular formula is C15H20N2O4S. The largest absolute Gasteiger partial charge is 0.486 e. The van der Waals surface area contributed by atoms with Crippen molar-refractivity contribution in [3.05, 3.63) is 18.2 Å². The Morgan fingerprint density at radius 2 is 1.86 bits per heavy atom. The highest BCUT2D eigenvalue weighted by Crippen LogP contribution is 2.34. The van der Waals surface area contributed by atoms with Crippen molar-refractivity contribution < 1.29 is 19.1 Å². The summed E-state index contributed by atoms with van der Waals surface area (Å²) in [5.74, 6) is 1.20. The van der Waals surface area contributed by atoms with Gasteiger partial charge in [0.25, 0.3) is 0 Å². The second-order valence-electron chi connectivity index (χ2n) is 5.85. The first kappa shape index (κ1) is 16.5. The van der Waals surface area contributed by atoms with Crippen molar-refractivity contribution in [2.45, 2.75) is 31.2 Å². The number of carbonyl (C=O) groups excluding carboxylic acids is 2. The van der Waals surface area contributed by atoms with Gasteiger partial charge in [-0.15, -0.1) is 11.8 Å². The van der Waals surface area contributed by atoms with Crippen LogP contribution >= 0.6 is 11.8 Å². The van der Waals surface area contributed by atoms with Crippen LogP contribution in [-0.2, 0) is 4.79 Å². The molecule has 3 amide bonds. The topological polar surface area (TPSA) is 76.7 Å². The van der Waals surface area contributed by atoms with Crippen molar-refractivity contribution in [3.63, 3.8) is 0 Å². The summed E-state index contributed by atoms with van der Waals surface area (Å²) < 4.78 is 10.9. The summed E-state index contributed by atoms with van der Waals surface area (Å²) in [4.78, 5) is 24.2. The van der Waals surface area contributed by atoms with Gasteiger partial charge in [-0.2, -0.15) is 0 Å². The third kappa shape index (κ3) is 5.14. The predicted octanol–water partition coefficient (Wildman–Crippen LogP) is 2.17. The third-order valence-electron chi connectivity index (χ3n) is 2.63. The molecule has 0 radical (unpaired) electrons. The number of nitrogens with one attached hydrogen (secondary N) is 2. The second kappa shape index (κ2) is 6.91. The monoisotopic (exact) mass is 324 g/mol. The first-order valence-electron chi connectivity index (χ1n) is 6.98. The zero-order valence-corrected chi connectivity index (χ0v) is 13.7. The lowest BCUT2D eigenvalue weighted by molar-refractivity contribution is -0.117. The van der Waals surface area contributed by atoms with E-state index >= 15 is 0 Å². The molecule has 0 bridgehead atoms. The number of benzene rings is 1. The standard InChI is InChI=1S/C15H20N2O4S/c1-15(2,3)17-14(19)16-13(18)9-22-10-4-5-11-12(8-10)21-7-6-20-11/h4-5,8H,6-7,9H2,1-3H3,(H2,16,17,18,19). The summed E-state index contributed by atoms with van der Waals surface area (Å²) >= 11 is 1.33. The zero-order valence-electron chi connectivity index (χ0n) is 12.9. The third-order valence-corrected chi connectivity index (χ3v) is 3.62. The maximum atomic E-state index is 11.8. The molecule has 0 unspecified atom stereocenters. The highest BCUT2D eigenvalue weighted by molar-refractivity contribution is 8.00. The molecule has 0 atom stereocenters. The van der Waals surface area contributed by atoms with E-state index in [4.69, 9.17) is 9.47 Å². The minimum atomic E-state index is -0.486. The summed E-state index contributed by atoms with van der Waals surface area (Å²) in [5, 5.41) is 4.98. The fraction of sp³-hybridized carbons (Fsp3) is 0.467. The Bertz CT molecular complexity index is 569. The molecule has 0 aliphatic carbocycles. The molecule has 2 rings (SSSR count). The van der Waals surface area contributed by atoms with Crippen LogP contribution in [0.2, 0.25) is 0 Å². The van der Waals surface area contributed by atoms with Gasteiger partial charge >= 0.3 is 6.03 Å². The van der Waals surface area contributed by atoms with Gasteiger partial charge < -0.3 is 14.8 Å². The Morgan fingerprint density at radius 1 is 1.18 bits per heavy atom. The molecule has 120 valence electrons. The molecule has 0 spiro atoms. The molecule has 1 heterocycles. The summed E-state index contributed by atoms with van der Waals surface area (Å²) in [6, 6.07) is 5.03. The van der Waals surface area contributed by atoms with Crippen LogP contribution in [0.1, 0.15) is 20.8 Å². The molecular weight excluding hydrogens is 304 g/mol. The predicted molar refractivity (Wildman–Crippen MR) is 84.6 cm³/mol. The van der Waals surface area contributed by atoms with Gasteiger partial charge in [-0.05, 0) is 39.0 Å². The number of fused-ring (bicyclic) bond motifs is 1. The molecule has 7 heteroatoms. The highest BCUT2D eigenvalue weighted by atomic mass is 32.2. The van der Waals surface area contributed by atoms with Crippen molar-refractivity contribution in [2.75, 3.05) is 19.0 Å². The molecule has 0 fully saturated rings. The van der Waals surface area contributed by atoms with Gasteiger partial charge in [0.1, 0.15) is 13.2 Å². The molecule has 1 aromatic carbocycles. The van der Waals surface area contributed by atoms with Crippen LogP contribution < -0.4 is 20.1 Å². The van der Waals surface area contributed by atoms with Gasteiger partial charge in [0.05, 0.1) is 5.75 Å². The number of thioether (sulfide) groups is 1. The fourth-order valence-electron chi connectivity index (χ4n) is 1.80. The number of hydrogen-bond acceptors (Lipinski definition) is 5. The van der Waals surface area contributed by atoms with Crippen molar-refractivity contribution in [1.29, 1.82) is 0 Å². The Balaban J connectivity index is 1.82. The van der Waals surface area contributed by atoms with E-state index in [1.165, 1.54) is 11.8 Å². The van der Waals surface area contributed by atoms with Gasteiger partial charge in [0.15, 0.2) is 11.5 Å². The van der Waals surface area contributed by atoms with Crippen molar-refractivity contribution in [1.82, 2.24) is 10.6 Å². The molecule has 0 saturated heterocycles. The van der Waals surface area contributed by atoms with Crippen LogP contribution in [0.15, 0.2) is 23.1 Å². The first-order valence-corrected chi connectivity index (χ1v) is 7.96. The highest BCUT2D eigenvalue weighted by Gasteiger charge is 2.16. The lowest BCUT2D eigenvalue weighted by Gasteiger charge is -2.20. The second-order valence-corrected chi connectivity index (χ2v) is 6.90. The Morgan fingerprint density at radius 3 is 2.55 bits per heavy atom. The van der Waals surface area contributed by atoms with Crippen molar-refractivity contribution in [2.24, 2.45) is 0 Å². The van der Waals surface area contributed by atoms with E-state index < -0.39 is 6.03 Å². The number of carbonyl (C=O) groups is 2. The van der Waals surface area contributed by atoms with E-state index in [1.54, 1.807) is 0 Å². The van der Waals surface area contributed by atoms with Gasteiger partial charge in [-0.1, -0.05) is 0 Å². The fourth-order valence-corrected chi connectivity index (χ4v) is 2.52. The van der Waals surface area contributed by atoms with Crippen molar-refractivity contribution in [3.8, 4) is 11.5 Å². The SMILES string of the molecule is CC(C)(C)NC(=O)NC(=O)CSc1ccc2c(c1)OCCO2. The lowest BCUT2D eigenvalue weighted by atomic mass is 10.1. The van der Waals surface area contributed by atoms with E-state index in [1.807, 2.05) is 39.0 Å². The normalized spacial score (nSPS) is 13.4. The average molecular weight is 324 g/mol. The molecule has 2 N–H and O–H groups in total. The molecule has 22 heavy (non-hydrogen) atoms. The van der Waals surface area contributed by atoms with E-state index in [2.05, 4.69) is 10.6 Å². The summed E-state index contributed by atoms with van der Waals surface area (Å²) in [6.45, 7) is 6.61. The van der Waals surface area contributed by atoms with Crippen LogP contribution in [-0.4, -0.2) is 36.4 Å². The summed E-state index contributed by atoms with van der Waals surface area (Å²) in [7, 11) is 0. The van der Waals surface area contributed by atoms with Gasteiger partial charge in [-0.25, -0.2) is 4.79 Å². The van der Waals surface area contributed by atoms with Gasteiger partial charge in [-0.3, -0.25) is 10.1 Å². The van der Waals surface area contributed by atoms with E-state index in [0.717, 1.165) is 4.90 Å². The van der Waals surface area contributed by atoms with E-state index in [0.29, 0.717) is 24.7 Å². The minimum absolute atomic E-state index is 0.150. The number of hydrogen-bond donors (Lipinski definition) is 2. The molecule has 1 aromatic rings. The Kier molecular flexibility index (Phi) is 5.18. The molecule has 0 saturated carbocycles. The maximum absolute atomic E-state index is 11.8.